The van der Waals surface area contributed by atoms with Gasteiger partial charge in [0.25, 0.3) is 0 Å². The molecule has 0 amide bonds. The highest BCUT2D eigenvalue weighted by Crippen LogP contribution is 2.28. The van der Waals surface area contributed by atoms with Gasteiger partial charge in [-0.05, 0) is 36.4 Å². The van der Waals surface area contributed by atoms with Crippen LogP contribution in [0.15, 0.2) is 71.9 Å². The molecule has 3 aromatic heterocycles. The first-order valence-corrected chi connectivity index (χ1v) is 8.58. The fourth-order valence-electron chi connectivity index (χ4n) is 2.41. The van der Waals surface area contributed by atoms with Crippen LogP contribution in [0.4, 0.5) is 5.13 Å². The predicted octanol–water partition coefficient (Wildman–Crippen LogP) is 4.80. The second-order valence-corrected chi connectivity index (χ2v) is 6.18. The van der Waals surface area contributed by atoms with Crippen LogP contribution >= 0.6 is 11.3 Å². The Bertz CT molecular complexity index is 1130. The monoisotopic (exact) mass is 367 g/mol. The Hall–Kier alpha value is -3.26. The lowest BCUT2D eigenvalue weighted by molar-refractivity contribution is 0.415. The van der Waals surface area contributed by atoms with E-state index >= 15 is 0 Å². The maximum atomic E-state index is 12.3. The van der Waals surface area contributed by atoms with Crippen LogP contribution in [0, 0.1) is 0 Å². The lowest BCUT2D eigenvalue weighted by Gasteiger charge is -2.02. The zero-order valence-corrected chi connectivity index (χ0v) is 14.5. The van der Waals surface area contributed by atoms with E-state index in [1.54, 1.807) is 49.1 Å². The van der Waals surface area contributed by atoms with Crippen LogP contribution in [-0.2, 0) is 6.54 Å². The van der Waals surface area contributed by atoms with Gasteiger partial charge in [0.2, 0.25) is 5.13 Å². The first kappa shape index (κ1) is 16.2. The molecule has 1 aromatic carbocycles. The van der Waals surface area contributed by atoms with E-state index in [0.29, 0.717) is 34.3 Å². The quantitative estimate of drug-likeness (QED) is 0.373. The van der Waals surface area contributed by atoms with Crippen molar-refractivity contribution in [2.24, 2.45) is 10.2 Å². The van der Waals surface area contributed by atoms with E-state index < -0.39 is 5.63 Å². The number of nitrogens with zero attached hydrogens (tertiary/aromatic N) is 3. The van der Waals surface area contributed by atoms with Crippen LogP contribution in [0.3, 0.4) is 0 Å². The molecule has 0 N–H and O–H groups in total. The summed E-state index contributed by atoms with van der Waals surface area (Å²) in [6.45, 7) is 0.333. The van der Waals surface area contributed by atoms with E-state index in [2.05, 4.69) is 15.2 Å². The van der Waals surface area contributed by atoms with Crippen LogP contribution in [0.5, 0.6) is 5.75 Å². The molecule has 0 radical (unpaired) electrons. The normalized spacial score (nSPS) is 11.4. The number of fused-ring (bicyclic) bond motifs is 1. The molecule has 130 valence electrons. The number of aromatic nitrogens is 1. The van der Waals surface area contributed by atoms with Crippen LogP contribution < -0.4 is 10.4 Å². The standard InChI is InChI=1S/C18H13N3O4S/c1-23-12-4-5-16-11(7-12)8-14(17(22)25-16)15-10-26-18(20-15)21-19-9-13-3-2-6-24-13/h2-8,10H,9H2,1H3. The topological polar surface area (TPSA) is 90.2 Å². The van der Waals surface area contributed by atoms with Gasteiger partial charge in [-0.1, -0.05) is 0 Å². The summed E-state index contributed by atoms with van der Waals surface area (Å²) in [6.07, 6.45) is 1.58. The third kappa shape index (κ3) is 3.27. The number of methoxy groups -OCH3 is 1. The molecule has 3 heterocycles. The molecule has 4 aromatic rings. The minimum Gasteiger partial charge on any atom is -0.497 e. The molecule has 0 spiro atoms. The highest BCUT2D eigenvalue weighted by molar-refractivity contribution is 7.13. The largest absolute Gasteiger partial charge is 0.497 e. The number of rotatable bonds is 5. The van der Waals surface area contributed by atoms with E-state index in [0.717, 1.165) is 11.1 Å². The van der Waals surface area contributed by atoms with Crippen LogP contribution in [0.2, 0.25) is 0 Å². The fourth-order valence-corrected chi connectivity index (χ4v) is 3.06. The van der Waals surface area contributed by atoms with Gasteiger partial charge in [-0.25, -0.2) is 9.78 Å². The van der Waals surface area contributed by atoms with E-state index in [4.69, 9.17) is 13.6 Å². The zero-order chi connectivity index (χ0) is 17.9. The van der Waals surface area contributed by atoms with E-state index in [1.165, 1.54) is 11.3 Å². The van der Waals surface area contributed by atoms with Crippen molar-refractivity contribution in [3.05, 3.63) is 64.2 Å². The van der Waals surface area contributed by atoms with Gasteiger partial charge in [-0.3, -0.25) is 0 Å². The lowest BCUT2D eigenvalue weighted by atomic mass is 10.1. The Morgan fingerprint density at radius 1 is 1.27 bits per heavy atom. The van der Waals surface area contributed by atoms with Gasteiger partial charge >= 0.3 is 5.63 Å². The van der Waals surface area contributed by atoms with Crippen molar-refractivity contribution in [2.45, 2.75) is 6.54 Å². The van der Waals surface area contributed by atoms with Gasteiger partial charge in [0.15, 0.2) is 0 Å². The smallest absolute Gasteiger partial charge is 0.345 e. The second kappa shape index (κ2) is 6.93. The maximum absolute atomic E-state index is 12.3. The van der Waals surface area contributed by atoms with E-state index in [1.807, 2.05) is 6.07 Å². The number of hydrogen-bond acceptors (Lipinski definition) is 8. The molecule has 7 nitrogen and oxygen atoms in total. The molecule has 0 unspecified atom stereocenters. The number of azo groups is 1. The summed E-state index contributed by atoms with van der Waals surface area (Å²) in [7, 11) is 1.58. The first-order valence-electron chi connectivity index (χ1n) is 7.70. The lowest BCUT2D eigenvalue weighted by Crippen LogP contribution is -2.02. The molecular formula is C18H13N3O4S. The van der Waals surface area contributed by atoms with Crippen LogP contribution in [0.25, 0.3) is 22.2 Å². The van der Waals surface area contributed by atoms with Gasteiger partial charge < -0.3 is 13.6 Å². The Morgan fingerprint density at radius 2 is 2.19 bits per heavy atom. The Morgan fingerprint density at radius 3 is 3.00 bits per heavy atom. The Labute approximate surface area is 151 Å². The molecule has 0 aliphatic heterocycles. The highest BCUT2D eigenvalue weighted by atomic mass is 32.1. The second-order valence-electron chi connectivity index (χ2n) is 5.35. The molecule has 0 fully saturated rings. The minimum atomic E-state index is -0.452. The van der Waals surface area contributed by atoms with Crippen molar-refractivity contribution < 1.29 is 13.6 Å². The molecular weight excluding hydrogens is 354 g/mol. The van der Waals surface area contributed by atoms with E-state index in [9.17, 15) is 4.79 Å². The number of ether oxygens (including phenoxy) is 1. The fraction of sp³-hybridized carbons (Fsp3) is 0.111. The summed E-state index contributed by atoms with van der Waals surface area (Å²) in [4.78, 5) is 16.6. The molecule has 0 aliphatic rings. The molecule has 8 heteroatoms. The molecule has 0 bridgehead atoms. The summed E-state index contributed by atoms with van der Waals surface area (Å²) in [6, 6.07) is 10.6. The molecule has 0 saturated carbocycles. The predicted molar refractivity (Wildman–Crippen MR) is 97.1 cm³/mol. The van der Waals surface area contributed by atoms with Crippen molar-refractivity contribution in [1.82, 2.24) is 4.98 Å². The van der Waals surface area contributed by atoms with Gasteiger partial charge in [0, 0.05) is 10.8 Å². The molecule has 0 aliphatic carbocycles. The van der Waals surface area contributed by atoms with Crippen LogP contribution in [0.1, 0.15) is 5.76 Å². The number of hydrogen-bond donors (Lipinski definition) is 0. The first-order chi connectivity index (χ1) is 12.7. The summed E-state index contributed by atoms with van der Waals surface area (Å²) >= 11 is 1.30. The number of benzene rings is 1. The average molecular weight is 367 g/mol. The summed E-state index contributed by atoms with van der Waals surface area (Å²) in [5.41, 5.74) is 0.912. The van der Waals surface area contributed by atoms with E-state index in [-0.39, 0.29) is 0 Å². The SMILES string of the molecule is COc1ccc2oc(=O)c(-c3csc(N=NCc4ccco4)n3)cc2c1. The van der Waals surface area contributed by atoms with Crippen molar-refractivity contribution in [1.29, 1.82) is 0 Å². The zero-order valence-electron chi connectivity index (χ0n) is 13.7. The third-order valence-electron chi connectivity index (χ3n) is 3.67. The Balaban J connectivity index is 1.63. The maximum Gasteiger partial charge on any atom is 0.345 e. The highest BCUT2D eigenvalue weighted by Gasteiger charge is 2.12. The van der Waals surface area contributed by atoms with Gasteiger partial charge in [0.1, 0.15) is 23.6 Å². The van der Waals surface area contributed by atoms with Crippen molar-refractivity contribution in [3.63, 3.8) is 0 Å². The van der Waals surface area contributed by atoms with Crippen molar-refractivity contribution in [2.75, 3.05) is 7.11 Å². The summed E-state index contributed by atoms with van der Waals surface area (Å²) < 4.78 is 15.8. The minimum absolute atomic E-state index is 0.333. The number of furan rings is 1. The molecule has 4 rings (SSSR count). The molecule has 0 atom stereocenters. The third-order valence-corrected chi connectivity index (χ3v) is 4.40. The van der Waals surface area contributed by atoms with Gasteiger partial charge in [0.05, 0.1) is 24.6 Å². The Kier molecular flexibility index (Phi) is 4.32. The average Bonchev–Trinajstić information content (AvgIpc) is 3.33. The van der Waals surface area contributed by atoms with Crippen molar-refractivity contribution >= 4 is 27.4 Å². The molecule has 26 heavy (non-hydrogen) atoms. The van der Waals surface area contributed by atoms with Gasteiger partial charge in [-0.2, -0.15) is 5.11 Å². The van der Waals surface area contributed by atoms with Gasteiger partial charge in [-0.15, -0.1) is 16.5 Å². The molecule has 0 saturated heterocycles. The summed E-state index contributed by atoms with van der Waals surface area (Å²) in [5.74, 6) is 1.40. The summed E-state index contributed by atoms with van der Waals surface area (Å²) in [5, 5.41) is 11.1. The number of thiazole rings is 1. The van der Waals surface area contributed by atoms with Crippen molar-refractivity contribution in [3.8, 4) is 17.0 Å². The van der Waals surface area contributed by atoms with Crippen LogP contribution in [-0.4, -0.2) is 12.1 Å².